The van der Waals surface area contributed by atoms with E-state index in [0.717, 1.165) is 16.4 Å². The summed E-state index contributed by atoms with van der Waals surface area (Å²) in [7, 11) is 3.07. The van der Waals surface area contributed by atoms with E-state index < -0.39 is 11.9 Å². The predicted octanol–water partition coefficient (Wildman–Crippen LogP) is 3.36. The first-order valence-corrected chi connectivity index (χ1v) is 9.90. The molecule has 1 atom stereocenters. The lowest BCUT2D eigenvalue weighted by molar-refractivity contribution is -0.226. The fraction of sp³-hybridized carbons (Fsp3) is 0.545. The minimum atomic E-state index is -0.503. The summed E-state index contributed by atoms with van der Waals surface area (Å²) >= 11 is 0. The third-order valence-corrected chi connectivity index (χ3v) is 4.57. The lowest BCUT2D eigenvalue weighted by Gasteiger charge is -2.42. The maximum atomic E-state index is 13.1. The van der Waals surface area contributed by atoms with Crippen LogP contribution in [0.5, 0.6) is 5.75 Å². The van der Waals surface area contributed by atoms with Crippen molar-refractivity contribution in [2.45, 2.75) is 46.7 Å². The van der Waals surface area contributed by atoms with E-state index in [1.807, 2.05) is 49.1 Å². The molecule has 1 heterocycles. The van der Waals surface area contributed by atoms with Crippen LogP contribution in [0.2, 0.25) is 0 Å². The number of methoxy groups -OCH3 is 2. The molecule has 0 spiro atoms. The second kappa shape index (κ2) is 10.4. The molecule has 0 N–H and O–H groups in total. The van der Waals surface area contributed by atoms with Crippen LogP contribution in [0, 0.1) is 11.8 Å². The summed E-state index contributed by atoms with van der Waals surface area (Å²) in [5, 5.41) is 0.856. The standard InChI is InChI=1S/C22H32N2O5/c1-15(2)11-19-21(25)24(29-14-27-5)22(26)20(12-16(3)4)23(19)13-17-7-9-18(28-6)10-8-17/h7-11,15-16,20H,12-14H2,1-6H3/b19-11+/t20-/m0/s1. The predicted molar refractivity (Wildman–Crippen MR) is 110 cm³/mol. The molecule has 1 aromatic carbocycles. The Kier molecular flexibility index (Phi) is 8.22. The van der Waals surface area contributed by atoms with Crippen molar-refractivity contribution in [2.24, 2.45) is 11.8 Å². The van der Waals surface area contributed by atoms with E-state index in [2.05, 4.69) is 13.8 Å². The molecule has 1 aliphatic rings. The van der Waals surface area contributed by atoms with Crippen LogP contribution < -0.4 is 4.74 Å². The molecule has 2 rings (SSSR count). The van der Waals surface area contributed by atoms with Gasteiger partial charge in [0.1, 0.15) is 17.5 Å². The second-order valence-corrected chi connectivity index (χ2v) is 7.89. The molecular formula is C22H32N2O5. The van der Waals surface area contributed by atoms with Crippen LogP contribution in [0.1, 0.15) is 39.7 Å². The summed E-state index contributed by atoms with van der Waals surface area (Å²) in [6.45, 7) is 8.39. The van der Waals surface area contributed by atoms with Crippen molar-refractivity contribution in [2.75, 3.05) is 21.0 Å². The Morgan fingerprint density at radius 1 is 1.07 bits per heavy atom. The molecule has 7 heteroatoms. The summed E-state index contributed by atoms with van der Waals surface area (Å²) in [5.41, 5.74) is 1.46. The van der Waals surface area contributed by atoms with Crippen molar-refractivity contribution in [3.8, 4) is 5.75 Å². The maximum Gasteiger partial charge on any atom is 0.300 e. The molecule has 1 fully saturated rings. The number of rotatable bonds is 9. The van der Waals surface area contributed by atoms with Gasteiger partial charge in [-0.2, -0.15) is 0 Å². The van der Waals surface area contributed by atoms with E-state index in [1.165, 1.54) is 7.11 Å². The van der Waals surface area contributed by atoms with E-state index in [0.29, 0.717) is 18.7 Å². The lowest BCUT2D eigenvalue weighted by atomic mass is 9.97. The molecule has 0 radical (unpaired) electrons. The first-order chi connectivity index (χ1) is 13.8. The fourth-order valence-electron chi connectivity index (χ4n) is 3.27. The quantitative estimate of drug-likeness (QED) is 0.357. The average molecular weight is 405 g/mol. The maximum absolute atomic E-state index is 13.1. The third-order valence-electron chi connectivity index (χ3n) is 4.57. The SMILES string of the molecule is COCON1C(=O)/C(=C\C(C)C)N(Cc2ccc(OC)cc2)[C@@H](CC(C)C)C1=O. The smallest absolute Gasteiger partial charge is 0.300 e. The van der Waals surface area contributed by atoms with Gasteiger partial charge in [0, 0.05) is 13.7 Å². The van der Waals surface area contributed by atoms with Crippen LogP contribution in [0.4, 0.5) is 0 Å². The number of carbonyl (C=O) groups is 2. The van der Waals surface area contributed by atoms with Crippen LogP contribution >= 0.6 is 0 Å². The van der Waals surface area contributed by atoms with Crippen molar-refractivity contribution >= 4 is 11.8 Å². The van der Waals surface area contributed by atoms with Crippen LogP contribution in [-0.2, 0) is 25.7 Å². The first-order valence-electron chi connectivity index (χ1n) is 9.90. The Bertz CT molecular complexity index is 727. The number of carbonyl (C=O) groups excluding carboxylic acids is 2. The number of benzene rings is 1. The van der Waals surface area contributed by atoms with Gasteiger partial charge in [-0.15, -0.1) is 5.06 Å². The number of allylic oxidation sites excluding steroid dienone is 1. The van der Waals surface area contributed by atoms with E-state index >= 15 is 0 Å². The molecule has 1 aromatic rings. The van der Waals surface area contributed by atoms with Crippen LogP contribution in [0.25, 0.3) is 0 Å². The Balaban J connectivity index is 2.44. The van der Waals surface area contributed by atoms with Gasteiger partial charge < -0.3 is 14.4 Å². The zero-order valence-electron chi connectivity index (χ0n) is 18.2. The molecular weight excluding hydrogens is 372 g/mol. The van der Waals surface area contributed by atoms with Crippen molar-refractivity contribution < 1.29 is 23.9 Å². The van der Waals surface area contributed by atoms with Gasteiger partial charge in [-0.1, -0.05) is 45.9 Å². The molecule has 2 amide bonds. The molecule has 0 aromatic heterocycles. The highest BCUT2D eigenvalue weighted by atomic mass is 16.8. The van der Waals surface area contributed by atoms with Crippen molar-refractivity contribution in [1.29, 1.82) is 0 Å². The Labute approximate surface area is 173 Å². The molecule has 1 saturated heterocycles. The van der Waals surface area contributed by atoms with Crippen LogP contribution in [0.3, 0.4) is 0 Å². The Morgan fingerprint density at radius 2 is 1.72 bits per heavy atom. The van der Waals surface area contributed by atoms with E-state index in [4.69, 9.17) is 14.3 Å². The van der Waals surface area contributed by atoms with Crippen LogP contribution in [0.15, 0.2) is 36.0 Å². The summed E-state index contributed by atoms with van der Waals surface area (Å²) < 4.78 is 10.1. The second-order valence-electron chi connectivity index (χ2n) is 7.89. The minimum Gasteiger partial charge on any atom is -0.497 e. The lowest BCUT2D eigenvalue weighted by Crippen LogP contribution is -2.58. The minimum absolute atomic E-state index is 0.129. The van der Waals surface area contributed by atoms with Crippen LogP contribution in [-0.4, -0.2) is 48.8 Å². The van der Waals surface area contributed by atoms with Gasteiger partial charge in [-0.05, 0) is 36.0 Å². The number of amides is 2. The van der Waals surface area contributed by atoms with Gasteiger partial charge in [0.25, 0.3) is 5.91 Å². The normalized spacial score (nSPS) is 19.0. The van der Waals surface area contributed by atoms with Gasteiger partial charge >= 0.3 is 5.91 Å². The van der Waals surface area contributed by atoms with Gasteiger partial charge in [0.2, 0.25) is 0 Å². The van der Waals surface area contributed by atoms with Crippen molar-refractivity contribution in [3.63, 3.8) is 0 Å². The summed E-state index contributed by atoms with van der Waals surface area (Å²) in [6, 6.07) is 7.14. The monoisotopic (exact) mass is 404 g/mol. The van der Waals surface area contributed by atoms with Gasteiger partial charge in [-0.25, -0.2) is 4.84 Å². The van der Waals surface area contributed by atoms with E-state index in [9.17, 15) is 9.59 Å². The van der Waals surface area contributed by atoms with E-state index in [1.54, 1.807) is 7.11 Å². The highest BCUT2D eigenvalue weighted by Crippen LogP contribution is 2.29. The Hall–Kier alpha value is -2.38. The molecule has 0 unspecified atom stereocenters. The molecule has 160 valence electrons. The number of hydrogen-bond donors (Lipinski definition) is 0. The van der Waals surface area contributed by atoms with Crippen molar-refractivity contribution in [3.05, 3.63) is 41.6 Å². The Morgan fingerprint density at radius 3 is 2.24 bits per heavy atom. The fourth-order valence-corrected chi connectivity index (χ4v) is 3.27. The van der Waals surface area contributed by atoms with Gasteiger partial charge in [-0.3, -0.25) is 9.59 Å². The first kappa shape index (κ1) is 22.9. The highest BCUT2D eigenvalue weighted by Gasteiger charge is 2.44. The molecule has 29 heavy (non-hydrogen) atoms. The number of piperazine rings is 1. The zero-order chi connectivity index (χ0) is 21.6. The van der Waals surface area contributed by atoms with Crippen molar-refractivity contribution in [1.82, 2.24) is 9.96 Å². The molecule has 0 saturated carbocycles. The number of hydrogen-bond acceptors (Lipinski definition) is 6. The molecule has 1 aliphatic heterocycles. The number of hydroxylamine groups is 2. The summed E-state index contributed by atoms with van der Waals surface area (Å²) in [6.07, 6.45) is 2.49. The number of imide groups is 1. The summed E-state index contributed by atoms with van der Waals surface area (Å²) in [4.78, 5) is 33.5. The van der Waals surface area contributed by atoms with Gasteiger partial charge in [0.05, 0.1) is 7.11 Å². The average Bonchev–Trinajstić information content (AvgIpc) is 2.68. The topological polar surface area (TPSA) is 68.3 Å². The highest BCUT2D eigenvalue weighted by molar-refractivity contribution is 6.07. The largest absolute Gasteiger partial charge is 0.497 e. The summed E-state index contributed by atoms with van der Waals surface area (Å²) in [5.74, 6) is 0.324. The number of nitrogens with zero attached hydrogens (tertiary/aromatic N) is 2. The number of ether oxygens (including phenoxy) is 2. The molecule has 0 bridgehead atoms. The van der Waals surface area contributed by atoms with E-state index in [-0.39, 0.29) is 24.5 Å². The zero-order valence-corrected chi connectivity index (χ0v) is 18.2. The molecule has 7 nitrogen and oxygen atoms in total. The van der Waals surface area contributed by atoms with Gasteiger partial charge in [0.15, 0.2) is 6.79 Å². The third kappa shape index (κ3) is 5.81. The molecule has 0 aliphatic carbocycles.